The number of nitrogens with one attached hydrogen (secondary N) is 1. The number of nitrogens with zero attached hydrogens (tertiary/aromatic N) is 3. The van der Waals surface area contributed by atoms with Gasteiger partial charge in [0.1, 0.15) is 6.26 Å². The van der Waals surface area contributed by atoms with Crippen molar-refractivity contribution in [2.24, 2.45) is 0 Å². The molecule has 2 aromatic heterocycles. The smallest absolute Gasteiger partial charge is 0.424 e. The highest BCUT2D eigenvalue weighted by atomic mass is 16.5. The fourth-order valence-corrected chi connectivity index (χ4v) is 1.41. The van der Waals surface area contributed by atoms with Crippen LogP contribution in [0.2, 0.25) is 0 Å². The summed E-state index contributed by atoms with van der Waals surface area (Å²) in [6, 6.07) is 0. The number of ether oxygens (including phenoxy) is 1. The van der Waals surface area contributed by atoms with Crippen molar-refractivity contribution in [1.82, 2.24) is 14.5 Å². The van der Waals surface area contributed by atoms with E-state index in [1.165, 1.54) is 18.7 Å². The van der Waals surface area contributed by atoms with Crippen molar-refractivity contribution in [3.05, 3.63) is 29.2 Å². The summed E-state index contributed by atoms with van der Waals surface area (Å²) in [7, 11) is 0. The van der Waals surface area contributed by atoms with E-state index >= 15 is 0 Å². The largest absolute Gasteiger partial charge is 0.465 e. The fourth-order valence-electron chi connectivity index (χ4n) is 1.41. The molecule has 0 saturated heterocycles. The number of fused-ring (bicyclic) bond motifs is 1. The lowest BCUT2D eigenvalue weighted by Gasteiger charge is -2.15. The van der Waals surface area contributed by atoms with Crippen LogP contribution >= 0.6 is 0 Å². The van der Waals surface area contributed by atoms with E-state index in [-0.39, 0.29) is 30.0 Å². The minimum Gasteiger partial charge on any atom is -0.465 e. The summed E-state index contributed by atoms with van der Waals surface area (Å²) in [5.41, 5.74) is 0. The van der Waals surface area contributed by atoms with Gasteiger partial charge in [0.15, 0.2) is 18.2 Å². The van der Waals surface area contributed by atoms with E-state index in [0.717, 1.165) is 4.57 Å². The van der Waals surface area contributed by atoms with Crippen molar-refractivity contribution >= 4 is 11.7 Å². The highest BCUT2D eigenvalue weighted by Crippen LogP contribution is 2.22. The monoisotopic (exact) mass is 234 g/mol. The molecule has 17 heavy (non-hydrogen) atoms. The first-order valence-corrected chi connectivity index (χ1v) is 4.70. The van der Waals surface area contributed by atoms with Crippen molar-refractivity contribution in [1.29, 1.82) is 0 Å². The fraction of sp³-hybridized carbons (Fsp3) is 0.111. The predicted octanol–water partition coefficient (Wildman–Crippen LogP) is -0.449. The molecule has 0 aromatic carbocycles. The molecule has 1 aliphatic heterocycles. The summed E-state index contributed by atoms with van der Waals surface area (Å²) in [6.45, 7) is -0.0906. The Kier molecular flexibility index (Phi) is 1.94. The molecule has 0 fully saturated rings. The molecule has 1 aliphatic rings. The molecule has 8 nitrogen and oxygen atoms in total. The summed E-state index contributed by atoms with van der Waals surface area (Å²) in [5.74, 6) is -0.240. The van der Waals surface area contributed by atoms with Crippen molar-refractivity contribution < 1.29 is 13.9 Å². The number of oxazole rings is 1. The molecule has 0 bridgehead atoms. The Morgan fingerprint density at radius 2 is 2.29 bits per heavy atom. The average Bonchev–Trinajstić information content (AvgIpc) is 2.74. The predicted molar refractivity (Wildman–Crippen MR) is 54.0 cm³/mol. The minimum atomic E-state index is -0.581. The van der Waals surface area contributed by atoms with E-state index in [1.54, 1.807) is 0 Å². The third-order valence-electron chi connectivity index (χ3n) is 2.15. The Morgan fingerprint density at radius 1 is 1.41 bits per heavy atom. The zero-order valence-electron chi connectivity index (χ0n) is 8.41. The highest BCUT2D eigenvalue weighted by Gasteiger charge is 2.19. The van der Waals surface area contributed by atoms with Crippen LogP contribution < -0.4 is 15.8 Å². The highest BCUT2D eigenvalue weighted by molar-refractivity contribution is 5.93. The molecule has 0 saturated carbocycles. The molecule has 86 valence electrons. The summed E-state index contributed by atoms with van der Waals surface area (Å²) in [6.07, 6.45) is 4.00. The molecule has 3 rings (SSSR count). The molecule has 8 heteroatoms. The van der Waals surface area contributed by atoms with Crippen LogP contribution in [-0.2, 0) is 4.79 Å². The van der Waals surface area contributed by atoms with Gasteiger partial charge in [-0.1, -0.05) is 0 Å². The molecule has 0 unspecified atom stereocenters. The lowest BCUT2D eigenvalue weighted by molar-refractivity contribution is -0.118. The van der Waals surface area contributed by atoms with Gasteiger partial charge in [-0.3, -0.25) is 4.79 Å². The third-order valence-corrected chi connectivity index (χ3v) is 2.15. The van der Waals surface area contributed by atoms with Crippen LogP contribution in [-0.4, -0.2) is 27.0 Å². The van der Waals surface area contributed by atoms with Gasteiger partial charge in [0.2, 0.25) is 0 Å². The van der Waals surface area contributed by atoms with Crippen LogP contribution in [0.4, 0.5) is 5.82 Å². The quantitative estimate of drug-likeness (QED) is 0.717. The number of aromatic nitrogens is 3. The van der Waals surface area contributed by atoms with Crippen LogP contribution in [0.3, 0.4) is 0 Å². The van der Waals surface area contributed by atoms with Crippen LogP contribution in [0, 0.1) is 0 Å². The van der Waals surface area contributed by atoms with Crippen LogP contribution in [0.15, 0.2) is 27.9 Å². The van der Waals surface area contributed by atoms with Gasteiger partial charge in [0.25, 0.3) is 11.8 Å². The van der Waals surface area contributed by atoms with E-state index < -0.39 is 5.76 Å². The summed E-state index contributed by atoms with van der Waals surface area (Å²) in [5, 5.41) is 2.50. The standard InChI is InChI=1S/C9H6N4O4/c14-6-4-17-8-7(12-6)11-5(3-10-8)13-1-2-16-9(13)15/h1-3H,4H2,(H,11,12,14). The van der Waals surface area contributed by atoms with E-state index in [0.29, 0.717) is 0 Å². The maximum absolute atomic E-state index is 11.3. The molecule has 1 amide bonds. The minimum absolute atomic E-state index is 0.0906. The van der Waals surface area contributed by atoms with E-state index in [2.05, 4.69) is 19.7 Å². The Bertz CT molecular complexity index is 644. The summed E-state index contributed by atoms with van der Waals surface area (Å²) in [4.78, 5) is 30.4. The molecular weight excluding hydrogens is 228 g/mol. The first-order valence-electron chi connectivity index (χ1n) is 4.70. The van der Waals surface area contributed by atoms with Gasteiger partial charge < -0.3 is 14.5 Å². The number of anilines is 1. The van der Waals surface area contributed by atoms with E-state index in [1.807, 2.05) is 0 Å². The van der Waals surface area contributed by atoms with Crippen molar-refractivity contribution in [2.45, 2.75) is 0 Å². The van der Waals surface area contributed by atoms with Gasteiger partial charge in [0, 0.05) is 0 Å². The maximum atomic E-state index is 11.3. The lowest BCUT2D eigenvalue weighted by atomic mass is 10.5. The third kappa shape index (κ3) is 1.55. The molecule has 0 spiro atoms. The Morgan fingerprint density at radius 3 is 3.06 bits per heavy atom. The Balaban J connectivity index is 2.09. The molecule has 2 aromatic rings. The first kappa shape index (κ1) is 9.58. The molecule has 0 aliphatic carbocycles. The summed E-state index contributed by atoms with van der Waals surface area (Å²) >= 11 is 0. The topological polar surface area (TPSA) is 99.2 Å². The van der Waals surface area contributed by atoms with Gasteiger partial charge >= 0.3 is 5.76 Å². The van der Waals surface area contributed by atoms with Crippen LogP contribution in [0.1, 0.15) is 0 Å². The number of hydrogen-bond donors (Lipinski definition) is 1. The average molecular weight is 234 g/mol. The first-order chi connectivity index (χ1) is 8.24. The van der Waals surface area contributed by atoms with E-state index in [4.69, 9.17) is 4.74 Å². The Labute approximate surface area is 93.9 Å². The molecular formula is C9H6N4O4. The second-order valence-electron chi connectivity index (χ2n) is 3.26. The zero-order chi connectivity index (χ0) is 11.8. The van der Waals surface area contributed by atoms with E-state index in [9.17, 15) is 9.59 Å². The lowest BCUT2D eigenvalue weighted by Crippen LogP contribution is -2.27. The van der Waals surface area contributed by atoms with Crippen molar-refractivity contribution in [3.8, 4) is 11.7 Å². The number of amides is 1. The summed E-state index contributed by atoms with van der Waals surface area (Å²) < 4.78 is 10.8. The number of hydrogen-bond acceptors (Lipinski definition) is 6. The SMILES string of the molecule is O=C1COc2ncc(-n3ccoc3=O)nc2N1. The normalized spacial score (nSPS) is 13.8. The second kappa shape index (κ2) is 3.44. The second-order valence-corrected chi connectivity index (χ2v) is 3.26. The number of rotatable bonds is 1. The van der Waals surface area contributed by atoms with Gasteiger partial charge in [-0.25, -0.2) is 19.3 Å². The number of carbonyl (C=O) groups excluding carboxylic acids is 1. The number of carbonyl (C=O) groups is 1. The molecule has 0 atom stereocenters. The zero-order valence-corrected chi connectivity index (χ0v) is 8.41. The molecule has 1 N–H and O–H groups in total. The Hall–Kier alpha value is -2.64. The van der Waals surface area contributed by atoms with Crippen LogP contribution in [0.5, 0.6) is 5.88 Å². The van der Waals surface area contributed by atoms with Crippen molar-refractivity contribution in [3.63, 3.8) is 0 Å². The van der Waals surface area contributed by atoms with Gasteiger partial charge in [-0.05, 0) is 0 Å². The van der Waals surface area contributed by atoms with Gasteiger partial charge in [-0.2, -0.15) is 0 Å². The molecule has 0 radical (unpaired) electrons. The maximum Gasteiger partial charge on any atom is 0.424 e. The van der Waals surface area contributed by atoms with Gasteiger partial charge in [0.05, 0.1) is 12.4 Å². The van der Waals surface area contributed by atoms with Crippen LogP contribution in [0.25, 0.3) is 5.82 Å². The van der Waals surface area contributed by atoms with Gasteiger partial charge in [-0.15, -0.1) is 0 Å². The molecule has 3 heterocycles. The van der Waals surface area contributed by atoms with Crippen molar-refractivity contribution in [2.75, 3.05) is 11.9 Å².